The van der Waals surface area contributed by atoms with Crippen LogP contribution in [-0.4, -0.2) is 22.7 Å². The van der Waals surface area contributed by atoms with E-state index in [0.717, 1.165) is 24.4 Å². The maximum Gasteiger partial charge on any atom is 0.0897 e. The van der Waals surface area contributed by atoms with E-state index in [4.69, 9.17) is 0 Å². The predicted molar refractivity (Wildman–Crippen MR) is 68.6 cm³/mol. The molecule has 0 saturated heterocycles. The number of nitrogens with one attached hydrogen (secondary N) is 1. The summed E-state index contributed by atoms with van der Waals surface area (Å²) in [6, 6.07) is 0. The van der Waals surface area contributed by atoms with Crippen LogP contribution in [-0.2, 0) is 6.54 Å². The number of hydrogen-bond donors (Lipinski definition) is 2. The lowest BCUT2D eigenvalue weighted by Crippen LogP contribution is -2.32. The van der Waals surface area contributed by atoms with Crippen molar-refractivity contribution in [2.75, 3.05) is 6.54 Å². The van der Waals surface area contributed by atoms with E-state index in [2.05, 4.69) is 24.1 Å². The largest absolute Gasteiger partial charge is 0.392 e. The molecule has 1 unspecified atom stereocenters. The van der Waals surface area contributed by atoms with Crippen molar-refractivity contribution in [3.05, 3.63) is 16.1 Å². The van der Waals surface area contributed by atoms with Gasteiger partial charge >= 0.3 is 0 Å². The van der Waals surface area contributed by atoms with E-state index in [1.165, 1.54) is 4.88 Å². The number of thiazole rings is 1. The molecular formula is C12H22N2OS. The minimum Gasteiger partial charge on any atom is -0.392 e. The first kappa shape index (κ1) is 13.6. The molecule has 92 valence electrons. The summed E-state index contributed by atoms with van der Waals surface area (Å²) < 4.78 is 0. The molecule has 1 atom stereocenters. The zero-order valence-electron chi connectivity index (χ0n) is 10.4. The number of nitrogens with zero attached hydrogens (tertiary/aromatic N) is 1. The van der Waals surface area contributed by atoms with Crippen LogP contribution in [0.25, 0.3) is 0 Å². The third-order valence-corrected chi connectivity index (χ3v) is 3.83. The second-order valence-electron chi connectivity index (χ2n) is 4.12. The van der Waals surface area contributed by atoms with Crippen LogP contribution in [0.1, 0.15) is 36.6 Å². The van der Waals surface area contributed by atoms with Crippen LogP contribution >= 0.6 is 11.3 Å². The van der Waals surface area contributed by atoms with E-state index < -0.39 is 0 Å². The molecule has 0 radical (unpaired) electrons. The Balaban J connectivity index is 2.24. The maximum atomic E-state index is 9.92. The van der Waals surface area contributed by atoms with Gasteiger partial charge in [0, 0.05) is 24.2 Å². The lowest BCUT2D eigenvalue weighted by atomic mass is 9.97. The number of hydrogen-bond acceptors (Lipinski definition) is 4. The molecule has 1 heterocycles. The van der Waals surface area contributed by atoms with Crippen molar-refractivity contribution in [2.24, 2.45) is 5.92 Å². The van der Waals surface area contributed by atoms with Crippen molar-refractivity contribution >= 4 is 11.3 Å². The van der Waals surface area contributed by atoms with E-state index in [1.807, 2.05) is 13.1 Å². The maximum absolute atomic E-state index is 9.92. The molecule has 0 spiro atoms. The number of aromatic nitrogens is 1. The monoisotopic (exact) mass is 242 g/mol. The highest BCUT2D eigenvalue weighted by atomic mass is 32.1. The van der Waals surface area contributed by atoms with Crippen LogP contribution in [0.5, 0.6) is 0 Å². The van der Waals surface area contributed by atoms with Crippen molar-refractivity contribution in [1.29, 1.82) is 0 Å². The van der Waals surface area contributed by atoms with Crippen LogP contribution < -0.4 is 5.32 Å². The van der Waals surface area contributed by atoms with E-state index in [-0.39, 0.29) is 6.10 Å². The molecule has 1 aromatic heterocycles. The normalized spacial score (nSPS) is 13.3. The number of aryl methyl sites for hydroxylation is 1. The van der Waals surface area contributed by atoms with Gasteiger partial charge in [0.1, 0.15) is 0 Å². The number of aliphatic hydroxyl groups is 1. The van der Waals surface area contributed by atoms with Crippen LogP contribution in [0, 0.1) is 12.8 Å². The van der Waals surface area contributed by atoms with Crippen LogP contribution in [0.3, 0.4) is 0 Å². The highest BCUT2D eigenvalue weighted by Crippen LogP contribution is 2.13. The van der Waals surface area contributed by atoms with Gasteiger partial charge in [0.2, 0.25) is 0 Å². The summed E-state index contributed by atoms with van der Waals surface area (Å²) in [7, 11) is 0. The minimum absolute atomic E-state index is 0.232. The molecule has 0 fully saturated rings. The Morgan fingerprint density at radius 3 is 2.62 bits per heavy atom. The van der Waals surface area contributed by atoms with Crippen molar-refractivity contribution in [3.8, 4) is 0 Å². The Labute approximate surface area is 102 Å². The topological polar surface area (TPSA) is 45.1 Å². The molecule has 0 saturated carbocycles. The molecule has 0 aliphatic heterocycles. The summed E-state index contributed by atoms with van der Waals surface area (Å²) in [4.78, 5) is 5.43. The molecule has 0 aliphatic rings. The summed E-state index contributed by atoms with van der Waals surface area (Å²) >= 11 is 1.70. The Morgan fingerprint density at radius 1 is 1.44 bits per heavy atom. The molecule has 16 heavy (non-hydrogen) atoms. The Hall–Kier alpha value is -0.450. The first-order valence-electron chi connectivity index (χ1n) is 5.97. The van der Waals surface area contributed by atoms with Crippen LogP contribution in [0.4, 0.5) is 0 Å². The van der Waals surface area contributed by atoms with Crippen LogP contribution in [0.2, 0.25) is 0 Å². The fraction of sp³-hybridized carbons (Fsp3) is 0.750. The smallest absolute Gasteiger partial charge is 0.0897 e. The third-order valence-electron chi connectivity index (χ3n) is 2.91. The molecule has 0 amide bonds. The molecule has 0 aliphatic carbocycles. The van der Waals surface area contributed by atoms with Gasteiger partial charge in [-0.15, -0.1) is 11.3 Å². The predicted octanol–water partition coefficient (Wildman–Crippen LogP) is 2.34. The second-order valence-corrected chi connectivity index (χ2v) is 5.44. The standard InChI is InChI=1S/C12H22N2OS/c1-4-10(5-2)12(15)8-13-6-11-7-14-9(3)16-11/h7,10,12-13,15H,4-6,8H2,1-3H3. The van der Waals surface area contributed by atoms with E-state index in [1.54, 1.807) is 11.3 Å². The van der Waals surface area contributed by atoms with Crippen molar-refractivity contribution in [3.63, 3.8) is 0 Å². The molecule has 1 aromatic rings. The van der Waals surface area contributed by atoms with Gasteiger partial charge in [-0.05, 0) is 12.8 Å². The SMILES string of the molecule is CCC(CC)C(O)CNCc1cnc(C)s1. The van der Waals surface area contributed by atoms with Gasteiger partial charge < -0.3 is 10.4 Å². The minimum atomic E-state index is -0.232. The highest BCUT2D eigenvalue weighted by molar-refractivity contribution is 7.11. The molecule has 1 rings (SSSR count). The Bertz CT molecular complexity index is 297. The van der Waals surface area contributed by atoms with Gasteiger partial charge in [-0.1, -0.05) is 26.7 Å². The molecular weight excluding hydrogens is 220 g/mol. The molecule has 3 nitrogen and oxygen atoms in total. The van der Waals surface area contributed by atoms with Gasteiger partial charge in [-0.2, -0.15) is 0 Å². The molecule has 4 heteroatoms. The van der Waals surface area contributed by atoms with Gasteiger partial charge in [0.05, 0.1) is 11.1 Å². The lowest BCUT2D eigenvalue weighted by Gasteiger charge is -2.20. The van der Waals surface area contributed by atoms with E-state index in [9.17, 15) is 5.11 Å². The average molecular weight is 242 g/mol. The number of aliphatic hydroxyl groups excluding tert-OH is 1. The Morgan fingerprint density at radius 2 is 2.12 bits per heavy atom. The zero-order valence-corrected chi connectivity index (χ0v) is 11.2. The van der Waals surface area contributed by atoms with E-state index >= 15 is 0 Å². The summed E-state index contributed by atoms with van der Waals surface area (Å²) in [6.45, 7) is 7.74. The molecule has 0 aromatic carbocycles. The van der Waals surface area contributed by atoms with Gasteiger partial charge in [0.15, 0.2) is 0 Å². The summed E-state index contributed by atoms with van der Waals surface area (Å²) in [5.74, 6) is 0.413. The van der Waals surface area contributed by atoms with Gasteiger partial charge in [-0.25, -0.2) is 4.98 Å². The lowest BCUT2D eigenvalue weighted by molar-refractivity contribution is 0.101. The van der Waals surface area contributed by atoms with Gasteiger partial charge in [0.25, 0.3) is 0 Å². The summed E-state index contributed by atoms with van der Waals surface area (Å²) in [5.41, 5.74) is 0. The van der Waals surface area contributed by atoms with Crippen molar-refractivity contribution in [1.82, 2.24) is 10.3 Å². The summed E-state index contributed by atoms with van der Waals surface area (Å²) in [6.07, 6.45) is 3.75. The van der Waals surface area contributed by atoms with Crippen molar-refractivity contribution < 1.29 is 5.11 Å². The fourth-order valence-corrected chi connectivity index (χ4v) is 2.59. The van der Waals surface area contributed by atoms with E-state index in [0.29, 0.717) is 12.5 Å². The highest BCUT2D eigenvalue weighted by Gasteiger charge is 2.14. The first-order chi connectivity index (χ1) is 7.67. The fourth-order valence-electron chi connectivity index (χ4n) is 1.83. The Kier molecular flexibility index (Phi) is 5.95. The summed E-state index contributed by atoms with van der Waals surface area (Å²) in [5, 5.41) is 14.3. The first-order valence-corrected chi connectivity index (χ1v) is 6.79. The molecule has 2 N–H and O–H groups in total. The molecule has 0 bridgehead atoms. The van der Waals surface area contributed by atoms with Crippen molar-refractivity contribution in [2.45, 2.75) is 46.3 Å². The zero-order chi connectivity index (χ0) is 12.0. The third kappa shape index (κ3) is 4.20. The average Bonchev–Trinajstić information content (AvgIpc) is 2.66. The van der Waals surface area contributed by atoms with Gasteiger partial charge in [-0.3, -0.25) is 0 Å². The van der Waals surface area contributed by atoms with Crippen LogP contribution in [0.15, 0.2) is 6.20 Å². The quantitative estimate of drug-likeness (QED) is 0.771. The number of rotatable bonds is 7. The second kappa shape index (κ2) is 6.99.